The van der Waals surface area contributed by atoms with E-state index in [4.69, 9.17) is 4.74 Å². The lowest BCUT2D eigenvalue weighted by Gasteiger charge is -2.39. The zero-order valence-corrected chi connectivity index (χ0v) is 27.9. The van der Waals surface area contributed by atoms with E-state index < -0.39 is 10.8 Å². The zero-order valence-electron chi connectivity index (χ0n) is 27.9. The summed E-state index contributed by atoms with van der Waals surface area (Å²) in [4.78, 5) is 0. The highest BCUT2D eigenvalue weighted by molar-refractivity contribution is 5.96. The molecule has 0 aromatic heterocycles. The van der Waals surface area contributed by atoms with Gasteiger partial charge in [-0.3, -0.25) is 0 Å². The molecule has 8 aromatic carbocycles. The number of ether oxygens (including phenoxy) is 1. The Morgan fingerprint density at radius 3 is 1.51 bits per heavy atom. The molecule has 0 saturated heterocycles. The Labute approximate surface area is 298 Å². The Balaban J connectivity index is 1.18. The maximum absolute atomic E-state index is 6.98. The predicted octanol–water partition coefficient (Wildman–Crippen LogP) is 12.2. The van der Waals surface area contributed by atoms with Gasteiger partial charge in [-0.05, 0) is 78.9 Å². The lowest BCUT2D eigenvalue weighted by atomic mass is 9.66. The van der Waals surface area contributed by atoms with Crippen LogP contribution in [0, 0.1) is 0 Å². The first-order valence-electron chi connectivity index (χ1n) is 17.8. The molecule has 0 fully saturated rings. The van der Waals surface area contributed by atoms with E-state index in [-0.39, 0.29) is 0 Å². The van der Waals surface area contributed by atoms with Crippen LogP contribution in [0.1, 0.15) is 44.5 Å². The van der Waals surface area contributed by atoms with E-state index in [0.717, 1.165) is 17.1 Å². The Morgan fingerprint density at radius 1 is 0.314 bits per heavy atom. The van der Waals surface area contributed by atoms with Crippen LogP contribution in [0.2, 0.25) is 0 Å². The summed E-state index contributed by atoms with van der Waals surface area (Å²) in [5.74, 6) is 1.83. The molecule has 0 amide bonds. The van der Waals surface area contributed by atoms with Gasteiger partial charge in [-0.15, -0.1) is 0 Å². The Hall–Kier alpha value is -6.44. The van der Waals surface area contributed by atoms with Crippen LogP contribution < -0.4 is 4.74 Å². The third kappa shape index (κ3) is 3.60. The second-order valence-electron chi connectivity index (χ2n) is 13.9. The molecule has 3 aliphatic rings. The molecule has 1 unspecified atom stereocenters. The van der Waals surface area contributed by atoms with Crippen molar-refractivity contribution in [2.45, 2.75) is 10.8 Å². The standard InChI is InChI=1S/C50H32O/c1-4-16-34(17-5-1)49(35-18-6-2-7-19-35)42-27-13-11-23-40(42)47-37(24-14-28-44(47)49)33-30-31-43-46(32-33)51-45-29-15-25-39-38-22-10-12-26-41(38)50(43,48(39)45)36-20-8-3-9-21-36/h1-32H. The molecule has 0 saturated carbocycles. The van der Waals surface area contributed by atoms with E-state index in [1.54, 1.807) is 0 Å². The molecule has 8 aromatic rings. The van der Waals surface area contributed by atoms with E-state index in [1.165, 1.54) is 72.3 Å². The van der Waals surface area contributed by atoms with Gasteiger partial charge < -0.3 is 4.74 Å². The van der Waals surface area contributed by atoms with Crippen LogP contribution in [0.25, 0.3) is 33.4 Å². The Kier molecular flexibility index (Phi) is 5.86. The summed E-state index contributed by atoms with van der Waals surface area (Å²) in [7, 11) is 0. The fourth-order valence-electron chi connectivity index (χ4n) is 9.77. The van der Waals surface area contributed by atoms with Gasteiger partial charge in [0.05, 0.1) is 10.8 Å². The van der Waals surface area contributed by atoms with Gasteiger partial charge in [-0.2, -0.15) is 0 Å². The first kappa shape index (κ1) is 28.4. The number of rotatable bonds is 4. The number of hydrogen-bond acceptors (Lipinski definition) is 1. The van der Waals surface area contributed by atoms with Gasteiger partial charge in [0.15, 0.2) is 0 Å². The smallest absolute Gasteiger partial charge is 0.132 e. The molecule has 0 N–H and O–H groups in total. The van der Waals surface area contributed by atoms with Gasteiger partial charge in [0, 0.05) is 11.1 Å². The van der Waals surface area contributed by atoms with Crippen LogP contribution in [0.15, 0.2) is 194 Å². The number of fused-ring (bicyclic) bond motifs is 8. The van der Waals surface area contributed by atoms with Crippen molar-refractivity contribution < 1.29 is 4.74 Å². The second kappa shape index (κ2) is 10.5. The van der Waals surface area contributed by atoms with Crippen LogP contribution in [-0.4, -0.2) is 0 Å². The Bertz CT molecular complexity index is 2620. The minimum Gasteiger partial charge on any atom is -0.457 e. The molecule has 0 spiro atoms. The monoisotopic (exact) mass is 648 g/mol. The largest absolute Gasteiger partial charge is 0.457 e. The highest BCUT2D eigenvalue weighted by Gasteiger charge is 2.52. The van der Waals surface area contributed by atoms with Crippen molar-refractivity contribution >= 4 is 0 Å². The molecule has 1 aliphatic heterocycles. The summed E-state index contributed by atoms with van der Waals surface area (Å²) in [6.07, 6.45) is 0. The third-order valence-electron chi connectivity index (χ3n) is 11.6. The van der Waals surface area contributed by atoms with Crippen molar-refractivity contribution in [2.75, 3.05) is 0 Å². The van der Waals surface area contributed by atoms with Gasteiger partial charge in [0.25, 0.3) is 0 Å². The van der Waals surface area contributed by atoms with E-state index in [9.17, 15) is 0 Å². The maximum Gasteiger partial charge on any atom is 0.132 e. The predicted molar refractivity (Wildman–Crippen MR) is 207 cm³/mol. The molecule has 11 rings (SSSR count). The van der Waals surface area contributed by atoms with E-state index >= 15 is 0 Å². The van der Waals surface area contributed by atoms with E-state index in [2.05, 4.69) is 194 Å². The summed E-state index contributed by atoms with van der Waals surface area (Å²) in [5.41, 5.74) is 16.6. The van der Waals surface area contributed by atoms with E-state index in [1.807, 2.05) is 0 Å². The van der Waals surface area contributed by atoms with Crippen molar-refractivity contribution in [2.24, 2.45) is 0 Å². The molecule has 238 valence electrons. The molecule has 1 heterocycles. The van der Waals surface area contributed by atoms with Crippen LogP contribution in [0.3, 0.4) is 0 Å². The van der Waals surface area contributed by atoms with Gasteiger partial charge in [0.1, 0.15) is 11.5 Å². The maximum atomic E-state index is 6.98. The average Bonchev–Trinajstić information content (AvgIpc) is 3.69. The van der Waals surface area contributed by atoms with Crippen molar-refractivity contribution in [3.8, 4) is 44.9 Å². The highest BCUT2D eigenvalue weighted by Crippen LogP contribution is 2.64. The summed E-state index contributed by atoms with van der Waals surface area (Å²) >= 11 is 0. The third-order valence-corrected chi connectivity index (χ3v) is 11.6. The summed E-state index contributed by atoms with van der Waals surface area (Å²) in [6.45, 7) is 0. The van der Waals surface area contributed by atoms with E-state index in [0.29, 0.717) is 0 Å². The minimum atomic E-state index is -0.475. The van der Waals surface area contributed by atoms with Crippen LogP contribution in [-0.2, 0) is 10.8 Å². The molecule has 0 radical (unpaired) electrons. The topological polar surface area (TPSA) is 9.23 Å². The fraction of sp³-hybridized carbons (Fsp3) is 0.0400. The molecule has 51 heavy (non-hydrogen) atoms. The molecular formula is C50H32O. The minimum absolute atomic E-state index is 0.449. The van der Waals surface area contributed by atoms with Crippen LogP contribution in [0.5, 0.6) is 11.5 Å². The van der Waals surface area contributed by atoms with Gasteiger partial charge in [0.2, 0.25) is 0 Å². The van der Waals surface area contributed by atoms with Crippen molar-refractivity contribution in [1.29, 1.82) is 0 Å². The van der Waals surface area contributed by atoms with Crippen molar-refractivity contribution in [1.82, 2.24) is 0 Å². The highest BCUT2D eigenvalue weighted by atomic mass is 16.5. The first-order chi connectivity index (χ1) is 25.3. The molecule has 2 aliphatic carbocycles. The number of hydrogen-bond donors (Lipinski definition) is 0. The summed E-state index contributed by atoms with van der Waals surface area (Å²) in [5, 5.41) is 0. The zero-order chi connectivity index (χ0) is 33.6. The van der Waals surface area contributed by atoms with Crippen molar-refractivity contribution in [3.63, 3.8) is 0 Å². The van der Waals surface area contributed by atoms with Gasteiger partial charge in [-0.25, -0.2) is 0 Å². The fourth-order valence-corrected chi connectivity index (χ4v) is 9.77. The quantitative estimate of drug-likeness (QED) is 0.185. The van der Waals surface area contributed by atoms with Crippen molar-refractivity contribution in [3.05, 3.63) is 239 Å². The molecule has 1 heteroatoms. The van der Waals surface area contributed by atoms with Gasteiger partial charge >= 0.3 is 0 Å². The molecular weight excluding hydrogens is 617 g/mol. The normalized spacial score (nSPS) is 16.6. The lowest BCUT2D eigenvalue weighted by Crippen LogP contribution is -2.31. The molecule has 1 nitrogen and oxygen atoms in total. The first-order valence-corrected chi connectivity index (χ1v) is 17.8. The SMILES string of the molecule is c1ccc(C2(c3ccccc3)c3ccccc3-c3c(-c4ccc5c(c4)Oc4cccc6c4C5(c4ccccc4)c4ccccc4-6)cccc32)cc1. The molecule has 0 bridgehead atoms. The summed E-state index contributed by atoms with van der Waals surface area (Å²) in [6, 6.07) is 71.2. The Morgan fingerprint density at radius 2 is 0.824 bits per heavy atom. The lowest BCUT2D eigenvalue weighted by molar-refractivity contribution is 0.438. The second-order valence-corrected chi connectivity index (χ2v) is 13.9. The van der Waals surface area contributed by atoms with Gasteiger partial charge in [-0.1, -0.05) is 182 Å². The van der Waals surface area contributed by atoms with Crippen LogP contribution in [0.4, 0.5) is 0 Å². The summed E-state index contributed by atoms with van der Waals surface area (Å²) < 4.78 is 6.98. The molecule has 1 atom stereocenters. The average molecular weight is 649 g/mol. The number of benzene rings is 8. The van der Waals surface area contributed by atoms with Crippen LogP contribution >= 0.6 is 0 Å².